The lowest BCUT2D eigenvalue weighted by molar-refractivity contribution is 0.331. The third-order valence-corrected chi connectivity index (χ3v) is 4.25. The Bertz CT molecular complexity index is 349. The molecule has 1 aliphatic carbocycles. The summed E-state index contributed by atoms with van der Waals surface area (Å²) >= 11 is 0. The lowest BCUT2D eigenvalue weighted by Crippen LogP contribution is -2.28. The number of nitrogens with one attached hydrogen (secondary N) is 1. The zero-order chi connectivity index (χ0) is 11.5. The zero-order valence-corrected chi connectivity index (χ0v) is 10.5. The van der Waals surface area contributed by atoms with E-state index in [1.54, 1.807) is 0 Å². The highest BCUT2D eigenvalue weighted by Crippen LogP contribution is 2.34. The molecule has 3 nitrogen and oxygen atoms in total. The van der Waals surface area contributed by atoms with E-state index in [2.05, 4.69) is 10.3 Å². The molecule has 1 saturated carbocycles. The van der Waals surface area contributed by atoms with Gasteiger partial charge in [0.2, 0.25) is 0 Å². The summed E-state index contributed by atoms with van der Waals surface area (Å²) in [6.07, 6.45) is 10.8. The average Bonchev–Trinajstić information content (AvgIpc) is 3.00. The van der Waals surface area contributed by atoms with Crippen molar-refractivity contribution >= 4 is 0 Å². The van der Waals surface area contributed by atoms with E-state index in [-0.39, 0.29) is 0 Å². The Morgan fingerprint density at radius 1 is 1.18 bits per heavy atom. The molecule has 1 aliphatic heterocycles. The Morgan fingerprint density at radius 3 is 2.71 bits per heavy atom. The monoisotopic (exact) mass is 234 g/mol. The number of rotatable bonds is 3. The second-order valence-electron chi connectivity index (χ2n) is 5.54. The topological polar surface area (TPSA) is 38.1 Å². The Kier molecular flexibility index (Phi) is 3.46. The van der Waals surface area contributed by atoms with Gasteiger partial charge in [0.25, 0.3) is 0 Å². The predicted molar refractivity (Wildman–Crippen MR) is 67.0 cm³/mol. The Hall–Kier alpha value is -0.830. The molecule has 0 unspecified atom stereocenters. The Labute approximate surface area is 103 Å². The van der Waals surface area contributed by atoms with Crippen LogP contribution in [0, 0.1) is 5.92 Å². The molecule has 17 heavy (non-hydrogen) atoms. The molecule has 0 amide bonds. The lowest BCUT2D eigenvalue weighted by atomic mass is 9.95. The summed E-state index contributed by atoms with van der Waals surface area (Å²) < 4.78 is 5.94. The fourth-order valence-electron chi connectivity index (χ4n) is 3.15. The maximum atomic E-state index is 5.94. The Morgan fingerprint density at radius 2 is 1.94 bits per heavy atom. The van der Waals surface area contributed by atoms with Gasteiger partial charge in [0.1, 0.15) is 5.76 Å². The van der Waals surface area contributed by atoms with Crippen molar-refractivity contribution in [3.63, 3.8) is 0 Å². The molecule has 3 heteroatoms. The molecule has 0 atom stereocenters. The summed E-state index contributed by atoms with van der Waals surface area (Å²) in [6.45, 7) is 2.31. The molecular weight excluding hydrogens is 212 g/mol. The minimum Gasteiger partial charge on any atom is -0.445 e. The number of oxazole rings is 1. The standard InChI is InChI=1S/C14H22N2O/c1-2-4-12(3-1)13-10-16-14(17-13)9-11-5-7-15-8-6-11/h10-12,15H,1-9H2. The van der Waals surface area contributed by atoms with Crippen LogP contribution < -0.4 is 5.32 Å². The highest BCUT2D eigenvalue weighted by Gasteiger charge is 2.22. The minimum absolute atomic E-state index is 0.657. The van der Waals surface area contributed by atoms with E-state index in [1.165, 1.54) is 38.5 Å². The fourth-order valence-corrected chi connectivity index (χ4v) is 3.15. The van der Waals surface area contributed by atoms with Gasteiger partial charge >= 0.3 is 0 Å². The number of hydrogen-bond acceptors (Lipinski definition) is 3. The third kappa shape index (κ3) is 2.71. The molecule has 0 bridgehead atoms. The number of aromatic nitrogens is 1. The van der Waals surface area contributed by atoms with E-state index in [1.807, 2.05) is 6.20 Å². The highest BCUT2D eigenvalue weighted by molar-refractivity contribution is 5.04. The van der Waals surface area contributed by atoms with Crippen molar-refractivity contribution in [1.82, 2.24) is 10.3 Å². The average molecular weight is 234 g/mol. The second-order valence-corrected chi connectivity index (χ2v) is 5.54. The van der Waals surface area contributed by atoms with Crippen LogP contribution in [0.15, 0.2) is 10.6 Å². The molecule has 1 N–H and O–H groups in total. The maximum absolute atomic E-state index is 5.94. The van der Waals surface area contributed by atoms with Crippen LogP contribution in [0.25, 0.3) is 0 Å². The van der Waals surface area contributed by atoms with Gasteiger partial charge < -0.3 is 9.73 Å². The van der Waals surface area contributed by atoms with Crippen LogP contribution >= 0.6 is 0 Å². The number of hydrogen-bond donors (Lipinski definition) is 1. The molecule has 1 saturated heterocycles. The van der Waals surface area contributed by atoms with E-state index < -0.39 is 0 Å². The van der Waals surface area contributed by atoms with Crippen molar-refractivity contribution in [2.24, 2.45) is 5.92 Å². The smallest absolute Gasteiger partial charge is 0.194 e. The van der Waals surface area contributed by atoms with Gasteiger partial charge in [0.15, 0.2) is 5.89 Å². The quantitative estimate of drug-likeness (QED) is 0.874. The summed E-state index contributed by atoms with van der Waals surface area (Å²) in [5, 5.41) is 3.40. The van der Waals surface area contributed by atoms with Crippen molar-refractivity contribution in [1.29, 1.82) is 0 Å². The van der Waals surface area contributed by atoms with Gasteiger partial charge in [0, 0.05) is 12.3 Å². The summed E-state index contributed by atoms with van der Waals surface area (Å²) in [7, 11) is 0. The van der Waals surface area contributed by atoms with Crippen LogP contribution in [0.4, 0.5) is 0 Å². The van der Waals surface area contributed by atoms with Gasteiger partial charge in [-0.15, -0.1) is 0 Å². The summed E-state index contributed by atoms with van der Waals surface area (Å²) in [5.74, 6) is 3.54. The van der Waals surface area contributed by atoms with Crippen LogP contribution in [0.1, 0.15) is 56.1 Å². The first-order valence-corrected chi connectivity index (χ1v) is 7.07. The van der Waals surface area contributed by atoms with Crippen molar-refractivity contribution in [3.8, 4) is 0 Å². The van der Waals surface area contributed by atoms with E-state index in [9.17, 15) is 0 Å². The zero-order valence-electron chi connectivity index (χ0n) is 10.5. The number of nitrogens with zero attached hydrogens (tertiary/aromatic N) is 1. The number of piperidine rings is 1. The molecule has 0 spiro atoms. The molecule has 3 rings (SSSR count). The van der Waals surface area contributed by atoms with E-state index >= 15 is 0 Å². The summed E-state index contributed by atoms with van der Waals surface area (Å²) in [5.41, 5.74) is 0. The second kappa shape index (κ2) is 5.21. The molecule has 0 radical (unpaired) electrons. The molecule has 94 valence electrons. The van der Waals surface area contributed by atoms with Crippen LogP contribution in [-0.4, -0.2) is 18.1 Å². The van der Waals surface area contributed by atoms with Crippen LogP contribution in [0.2, 0.25) is 0 Å². The molecule has 2 aliphatic rings. The normalized spacial score (nSPS) is 23.3. The van der Waals surface area contributed by atoms with Gasteiger partial charge in [-0.3, -0.25) is 0 Å². The molecular formula is C14H22N2O. The van der Waals surface area contributed by atoms with Gasteiger partial charge in [0.05, 0.1) is 6.20 Å². The first-order valence-electron chi connectivity index (χ1n) is 7.07. The van der Waals surface area contributed by atoms with Crippen LogP contribution in [0.3, 0.4) is 0 Å². The van der Waals surface area contributed by atoms with Crippen molar-refractivity contribution in [2.45, 2.75) is 50.9 Å². The summed E-state index contributed by atoms with van der Waals surface area (Å²) in [4.78, 5) is 4.47. The largest absolute Gasteiger partial charge is 0.445 e. The maximum Gasteiger partial charge on any atom is 0.194 e. The molecule has 0 aromatic carbocycles. The molecule has 2 heterocycles. The van der Waals surface area contributed by atoms with Crippen molar-refractivity contribution in [3.05, 3.63) is 17.8 Å². The first kappa shape index (κ1) is 11.3. The van der Waals surface area contributed by atoms with Crippen LogP contribution in [-0.2, 0) is 6.42 Å². The summed E-state index contributed by atoms with van der Waals surface area (Å²) in [6, 6.07) is 0. The SMILES string of the molecule is c1nc(CC2CCNCC2)oc1C1CCCC1. The van der Waals surface area contributed by atoms with Gasteiger partial charge in [-0.05, 0) is 44.7 Å². The highest BCUT2D eigenvalue weighted by atomic mass is 16.4. The lowest BCUT2D eigenvalue weighted by Gasteiger charge is -2.20. The minimum atomic E-state index is 0.657. The molecule has 1 aromatic rings. The van der Waals surface area contributed by atoms with E-state index in [0.29, 0.717) is 5.92 Å². The van der Waals surface area contributed by atoms with E-state index in [0.717, 1.165) is 37.1 Å². The van der Waals surface area contributed by atoms with Gasteiger partial charge in [-0.1, -0.05) is 12.8 Å². The first-order chi connectivity index (χ1) is 8.42. The van der Waals surface area contributed by atoms with E-state index in [4.69, 9.17) is 4.42 Å². The fraction of sp³-hybridized carbons (Fsp3) is 0.786. The van der Waals surface area contributed by atoms with Crippen molar-refractivity contribution in [2.75, 3.05) is 13.1 Å². The predicted octanol–water partition coefficient (Wildman–Crippen LogP) is 2.87. The third-order valence-electron chi connectivity index (χ3n) is 4.25. The molecule has 2 fully saturated rings. The van der Waals surface area contributed by atoms with Crippen LogP contribution in [0.5, 0.6) is 0 Å². The Balaban J connectivity index is 1.59. The van der Waals surface area contributed by atoms with Gasteiger partial charge in [-0.2, -0.15) is 0 Å². The molecule has 1 aromatic heterocycles. The van der Waals surface area contributed by atoms with Gasteiger partial charge in [-0.25, -0.2) is 4.98 Å². The van der Waals surface area contributed by atoms with Crippen molar-refractivity contribution < 1.29 is 4.42 Å².